The summed E-state index contributed by atoms with van der Waals surface area (Å²) in [6, 6.07) is 8.95. The van der Waals surface area contributed by atoms with Gasteiger partial charge in [0.15, 0.2) is 0 Å². The summed E-state index contributed by atoms with van der Waals surface area (Å²) in [4.78, 5) is 0. The maximum atomic E-state index is 14.3. The van der Waals surface area contributed by atoms with E-state index >= 15 is 0 Å². The van der Waals surface area contributed by atoms with Gasteiger partial charge in [-0.1, -0.05) is 19.1 Å². The minimum absolute atomic E-state index is 0.330. The summed E-state index contributed by atoms with van der Waals surface area (Å²) in [5.74, 6) is -0.256. The Labute approximate surface area is 123 Å². The molecule has 21 heavy (non-hydrogen) atoms. The van der Waals surface area contributed by atoms with Gasteiger partial charge in [0.1, 0.15) is 17.4 Å². The molecule has 0 aliphatic rings. The van der Waals surface area contributed by atoms with E-state index in [1.165, 1.54) is 25.3 Å². The number of hydrogen-bond donors (Lipinski definition) is 1. The lowest BCUT2D eigenvalue weighted by atomic mass is 9.95. The van der Waals surface area contributed by atoms with Crippen molar-refractivity contribution in [2.45, 2.75) is 19.9 Å². The van der Waals surface area contributed by atoms with Gasteiger partial charge in [0.2, 0.25) is 0 Å². The van der Waals surface area contributed by atoms with Crippen molar-refractivity contribution in [1.82, 2.24) is 5.32 Å². The average Bonchev–Trinajstić information content (AvgIpc) is 2.44. The molecule has 0 aliphatic heterocycles. The molecule has 0 heterocycles. The Morgan fingerprint density at radius 2 is 1.95 bits per heavy atom. The fraction of sp³-hybridized carbons (Fsp3) is 0.294. The maximum absolute atomic E-state index is 14.3. The van der Waals surface area contributed by atoms with Crippen LogP contribution in [0.2, 0.25) is 0 Å². The van der Waals surface area contributed by atoms with Crippen molar-refractivity contribution < 1.29 is 13.5 Å². The van der Waals surface area contributed by atoms with Crippen molar-refractivity contribution in [1.29, 1.82) is 0 Å². The number of hydrogen-bond acceptors (Lipinski definition) is 2. The first kappa shape index (κ1) is 15.4. The van der Waals surface area contributed by atoms with Crippen LogP contribution < -0.4 is 10.1 Å². The summed E-state index contributed by atoms with van der Waals surface area (Å²) < 4.78 is 33.2. The van der Waals surface area contributed by atoms with Crippen molar-refractivity contribution in [3.8, 4) is 5.75 Å². The fourth-order valence-corrected chi connectivity index (χ4v) is 2.50. The SMILES string of the molecule is CCNC(c1cc(C)cc(F)c1)c1c(F)cccc1OC. The molecule has 0 spiro atoms. The predicted octanol–water partition coefficient (Wildman–Crippen LogP) is 3.98. The number of nitrogens with one attached hydrogen (secondary N) is 1. The van der Waals surface area contributed by atoms with E-state index in [-0.39, 0.29) is 11.6 Å². The van der Waals surface area contributed by atoms with Gasteiger partial charge in [0.05, 0.1) is 18.7 Å². The fourth-order valence-electron chi connectivity index (χ4n) is 2.50. The molecule has 0 aliphatic carbocycles. The molecule has 0 fully saturated rings. The van der Waals surface area contributed by atoms with E-state index in [0.29, 0.717) is 23.4 Å². The second-order valence-corrected chi connectivity index (χ2v) is 4.91. The molecule has 1 atom stereocenters. The molecule has 1 N–H and O–H groups in total. The number of methoxy groups -OCH3 is 1. The topological polar surface area (TPSA) is 21.3 Å². The monoisotopic (exact) mass is 291 g/mol. The van der Waals surface area contributed by atoms with E-state index < -0.39 is 6.04 Å². The predicted molar refractivity (Wildman–Crippen MR) is 79.6 cm³/mol. The third kappa shape index (κ3) is 3.39. The van der Waals surface area contributed by atoms with Crippen molar-refractivity contribution >= 4 is 0 Å². The first-order chi connectivity index (χ1) is 10.1. The zero-order chi connectivity index (χ0) is 15.4. The van der Waals surface area contributed by atoms with Crippen LogP contribution >= 0.6 is 0 Å². The lowest BCUT2D eigenvalue weighted by molar-refractivity contribution is 0.397. The summed E-state index contributed by atoms with van der Waals surface area (Å²) >= 11 is 0. The van der Waals surface area contributed by atoms with Crippen LogP contribution in [0.15, 0.2) is 36.4 Å². The molecule has 0 radical (unpaired) electrons. The third-order valence-corrected chi connectivity index (χ3v) is 3.33. The van der Waals surface area contributed by atoms with Crippen molar-refractivity contribution in [2.24, 2.45) is 0 Å². The van der Waals surface area contributed by atoms with E-state index in [1.807, 2.05) is 19.9 Å². The van der Waals surface area contributed by atoms with Crippen LogP contribution in [0, 0.1) is 18.6 Å². The lowest BCUT2D eigenvalue weighted by Gasteiger charge is -2.22. The molecule has 2 nitrogen and oxygen atoms in total. The maximum Gasteiger partial charge on any atom is 0.132 e. The van der Waals surface area contributed by atoms with E-state index in [4.69, 9.17) is 4.74 Å². The van der Waals surface area contributed by atoms with Crippen molar-refractivity contribution in [2.75, 3.05) is 13.7 Å². The van der Waals surface area contributed by atoms with E-state index in [1.54, 1.807) is 12.1 Å². The van der Waals surface area contributed by atoms with Gasteiger partial charge in [-0.15, -0.1) is 0 Å². The van der Waals surface area contributed by atoms with E-state index in [2.05, 4.69) is 5.32 Å². The van der Waals surface area contributed by atoms with Crippen LogP contribution in [-0.4, -0.2) is 13.7 Å². The van der Waals surface area contributed by atoms with Gasteiger partial charge >= 0.3 is 0 Å². The largest absolute Gasteiger partial charge is 0.496 e. The van der Waals surface area contributed by atoms with Crippen molar-refractivity contribution in [3.63, 3.8) is 0 Å². The highest BCUT2D eigenvalue weighted by Crippen LogP contribution is 2.32. The molecular weight excluding hydrogens is 272 g/mol. The number of aryl methyl sites for hydroxylation is 1. The molecule has 2 aromatic rings. The van der Waals surface area contributed by atoms with Gasteiger partial charge in [-0.25, -0.2) is 8.78 Å². The first-order valence-electron chi connectivity index (χ1n) is 6.89. The molecule has 4 heteroatoms. The Morgan fingerprint density at radius 3 is 2.57 bits per heavy atom. The van der Waals surface area contributed by atoms with Crippen LogP contribution in [-0.2, 0) is 0 Å². The third-order valence-electron chi connectivity index (χ3n) is 3.33. The van der Waals surface area contributed by atoms with Crippen molar-refractivity contribution in [3.05, 3.63) is 64.7 Å². The highest BCUT2D eigenvalue weighted by atomic mass is 19.1. The molecule has 1 unspecified atom stereocenters. The van der Waals surface area contributed by atoms with E-state index in [0.717, 1.165) is 5.56 Å². The lowest BCUT2D eigenvalue weighted by Crippen LogP contribution is -2.24. The molecule has 0 amide bonds. The smallest absolute Gasteiger partial charge is 0.132 e. The summed E-state index contributed by atoms with van der Waals surface area (Å²) in [6.07, 6.45) is 0. The highest BCUT2D eigenvalue weighted by molar-refractivity contribution is 5.43. The Kier molecular flexibility index (Phi) is 4.91. The summed E-state index contributed by atoms with van der Waals surface area (Å²) in [6.45, 7) is 4.36. The molecule has 2 aromatic carbocycles. The number of ether oxygens (including phenoxy) is 1. The Balaban J connectivity index is 2.58. The molecule has 2 rings (SSSR count). The van der Waals surface area contributed by atoms with Gasteiger partial charge in [0, 0.05) is 0 Å². The molecule has 112 valence electrons. The van der Waals surface area contributed by atoms with Crippen LogP contribution in [0.3, 0.4) is 0 Å². The second kappa shape index (κ2) is 6.68. The minimum Gasteiger partial charge on any atom is -0.496 e. The molecule has 0 bridgehead atoms. The Hall–Kier alpha value is -1.94. The second-order valence-electron chi connectivity index (χ2n) is 4.91. The van der Waals surface area contributed by atoms with Gasteiger partial charge in [0.25, 0.3) is 0 Å². The normalized spacial score (nSPS) is 12.2. The summed E-state index contributed by atoms with van der Waals surface area (Å²) in [5, 5.41) is 3.20. The number of benzene rings is 2. The minimum atomic E-state index is -0.458. The van der Waals surface area contributed by atoms with Crippen LogP contribution in [0.1, 0.15) is 29.7 Å². The van der Waals surface area contributed by atoms with Gasteiger partial charge in [-0.3, -0.25) is 0 Å². The zero-order valence-corrected chi connectivity index (χ0v) is 12.4. The summed E-state index contributed by atoms with van der Waals surface area (Å²) in [5.41, 5.74) is 1.87. The van der Waals surface area contributed by atoms with Crippen LogP contribution in [0.5, 0.6) is 5.75 Å². The van der Waals surface area contributed by atoms with Gasteiger partial charge in [-0.05, 0) is 48.9 Å². The Bertz CT molecular complexity index is 608. The standard InChI is InChI=1S/C17H19F2NO/c1-4-20-17(12-8-11(2)9-13(18)10-12)16-14(19)6-5-7-15(16)21-3/h5-10,17,20H,4H2,1-3H3. The number of halogens is 2. The van der Waals surface area contributed by atoms with Gasteiger partial charge in [-0.2, -0.15) is 0 Å². The molecular formula is C17H19F2NO. The highest BCUT2D eigenvalue weighted by Gasteiger charge is 2.22. The average molecular weight is 291 g/mol. The molecule has 0 aromatic heterocycles. The van der Waals surface area contributed by atoms with Crippen LogP contribution in [0.4, 0.5) is 8.78 Å². The zero-order valence-electron chi connectivity index (χ0n) is 12.4. The van der Waals surface area contributed by atoms with Crippen LogP contribution in [0.25, 0.3) is 0 Å². The van der Waals surface area contributed by atoms with Gasteiger partial charge < -0.3 is 10.1 Å². The summed E-state index contributed by atoms with van der Waals surface area (Å²) in [7, 11) is 1.50. The number of rotatable bonds is 5. The van der Waals surface area contributed by atoms with E-state index in [9.17, 15) is 8.78 Å². The quantitative estimate of drug-likeness (QED) is 0.899. The first-order valence-corrected chi connectivity index (χ1v) is 6.89. The molecule has 0 saturated carbocycles. The molecule has 0 saturated heterocycles. The Morgan fingerprint density at radius 1 is 1.19 bits per heavy atom.